The van der Waals surface area contributed by atoms with Gasteiger partial charge >= 0.3 is 6.18 Å². The van der Waals surface area contributed by atoms with Crippen LogP contribution in [-0.2, 0) is 6.18 Å². The lowest BCUT2D eigenvalue weighted by molar-refractivity contribution is -0.140. The topological polar surface area (TPSA) is 28.7 Å². The SMILES string of the molecule is C=Cc1ccccc1-c1ncc(C(F)(F)F)[nH]1. The Morgan fingerprint density at radius 1 is 1.24 bits per heavy atom. The van der Waals surface area contributed by atoms with Gasteiger partial charge in [0.05, 0.1) is 6.20 Å². The molecule has 17 heavy (non-hydrogen) atoms. The summed E-state index contributed by atoms with van der Waals surface area (Å²) in [6, 6.07) is 6.97. The predicted octanol–water partition coefficient (Wildman–Crippen LogP) is 3.74. The summed E-state index contributed by atoms with van der Waals surface area (Å²) in [5.41, 5.74) is 0.472. The number of H-pyrrole nitrogens is 1. The summed E-state index contributed by atoms with van der Waals surface area (Å²) in [7, 11) is 0. The van der Waals surface area contributed by atoms with Gasteiger partial charge in [-0.1, -0.05) is 36.9 Å². The van der Waals surface area contributed by atoms with Gasteiger partial charge in [-0.25, -0.2) is 4.98 Å². The highest BCUT2D eigenvalue weighted by Gasteiger charge is 2.33. The van der Waals surface area contributed by atoms with Crippen LogP contribution in [0.15, 0.2) is 37.0 Å². The van der Waals surface area contributed by atoms with E-state index in [1.165, 1.54) is 0 Å². The fourth-order valence-electron chi connectivity index (χ4n) is 1.49. The molecule has 1 heterocycles. The second kappa shape index (κ2) is 4.08. The molecule has 0 saturated carbocycles. The van der Waals surface area contributed by atoms with Crippen LogP contribution in [0.4, 0.5) is 13.2 Å². The van der Waals surface area contributed by atoms with Crippen LogP contribution in [0.1, 0.15) is 11.3 Å². The molecule has 0 atom stereocenters. The van der Waals surface area contributed by atoms with Gasteiger partial charge in [0.15, 0.2) is 0 Å². The molecule has 0 aliphatic rings. The molecule has 0 amide bonds. The van der Waals surface area contributed by atoms with E-state index in [1.54, 1.807) is 30.3 Å². The lowest BCUT2D eigenvalue weighted by atomic mass is 10.1. The lowest BCUT2D eigenvalue weighted by Gasteiger charge is -2.03. The molecule has 0 aliphatic carbocycles. The number of nitrogens with one attached hydrogen (secondary N) is 1. The molecule has 1 aromatic carbocycles. The monoisotopic (exact) mass is 238 g/mol. The minimum atomic E-state index is -4.41. The quantitative estimate of drug-likeness (QED) is 0.848. The number of benzene rings is 1. The molecular weight excluding hydrogens is 229 g/mol. The summed E-state index contributed by atoms with van der Waals surface area (Å²) in [6.45, 7) is 3.61. The molecule has 2 rings (SSSR count). The zero-order valence-corrected chi connectivity index (χ0v) is 8.75. The number of hydrogen-bond acceptors (Lipinski definition) is 1. The van der Waals surface area contributed by atoms with E-state index in [0.29, 0.717) is 5.56 Å². The first kappa shape index (κ1) is 11.4. The van der Waals surface area contributed by atoms with E-state index < -0.39 is 11.9 Å². The second-order valence-electron chi connectivity index (χ2n) is 3.43. The third-order valence-electron chi connectivity index (χ3n) is 2.32. The zero-order chi connectivity index (χ0) is 12.5. The molecule has 1 N–H and O–H groups in total. The Kier molecular flexibility index (Phi) is 2.75. The van der Waals surface area contributed by atoms with E-state index >= 15 is 0 Å². The van der Waals surface area contributed by atoms with Gasteiger partial charge in [-0.2, -0.15) is 13.2 Å². The number of alkyl halides is 3. The Morgan fingerprint density at radius 3 is 2.53 bits per heavy atom. The van der Waals surface area contributed by atoms with Crippen molar-refractivity contribution < 1.29 is 13.2 Å². The van der Waals surface area contributed by atoms with Crippen LogP contribution in [0, 0.1) is 0 Å². The molecule has 2 aromatic rings. The van der Waals surface area contributed by atoms with E-state index in [-0.39, 0.29) is 5.82 Å². The maximum Gasteiger partial charge on any atom is 0.432 e. The first-order valence-electron chi connectivity index (χ1n) is 4.86. The van der Waals surface area contributed by atoms with Crippen LogP contribution < -0.4 is 0 Å². The Balaban J connectivity index is 2.47. The number of imidazole rings is 1. The molecule has 0 saturated heterocycles. The Morgan fingerprint density at radius 2 is 1.94 bits per heavy atom. The number of halogens is 3. The molecule has 0 unspecified atom stereocenters. The predicted molar refractivity (Wildman–Crippen MR) is 59.1 cm³/mol. The van der Waals surface area contributed by atoms with Crippen molar-refractivity contribution in [2.24, 2.45) is 0 Å². The van der Waals surface area contributed by atoms with Crippen LogP contribution in [0.5, 0.6) is 0 Å². The molecular formula is C12H9F3N2. The van der Waals surface area contributed by atoms with Gasteiger partial charge in [-0.15, -0.1) is 0 Å². The van der Waals surface area contributed by atoms with E-state index in [9.17, 15) is 13.2 Å². The van der Waals surface area contributed by atoms with E-state index in [0.717, 1.165) is 11.8 Å². The lowest BCUT2D eigenvalue weighted by Crippen LogP contribution is -2.04. The number of aromatic nitrogens is 2. The van der Waals surface area contributed by atoms with Crippen molar-refractivity contribution in [3.8, 4) is 11.4 Å². The average Bonchev–Trinajstić information content (AvgIpc) is 2.77. The normalized spacial score (nSPS) is 11.5. The molecule has 0 aliphatic heterocycles. The molecule has 88 valence electrons. The fourth-order valence-corrected chi connectivity index (χ4v) is 1.49. The largest absolute Gasteiger partial charge is 0.432 e. The molecule has 2 nitrogen and oxygen atoms in total. The summed E-state index contributed by atoms with van der Waals surface area (Å²) >= 11 is 0. The van der Waals surface area contributed by atoms with Crippen molar-refractivity contribution in [2.45, 2.75) is 6.18 Å². The standard InChI is InChI=1S/C12H9F3N2/c1-2-8-5-3-4-6-9(8)11-16-7-10(17-11)12(13,14)15/h2-7H,1H2,(H,16,17). The van der Waals surface area contributed by atoms with Crippen molar-refractivity contribution in [2.75, 3.05) is 0 Å². The second-order valence-corrected chi connectivity index (χ2v) is 3.43. The number of rotatable bonds is 2. The van der Waals surface area contributed by atoms with Crippen LogP contribution >= 0.6 is 0 Å². The maximum atomic E-state index is 12.4. The Labute approximate surface area is 95.8 Å². The van der Waals surface area contributed by atoms with E-state index in [1.807, 2.05) is 0 Å². The number of hydrogen-bond donors (Lipinski definition) is 1. The van der Waals surface area contributed by atoms with Gasteiger partial charge < -0.3 is 4.98 Å². The highest BCUT2D eigenvalue weighted by molar-refractivity contribution is 5.70. The van der Waals surface area contributed by atoms with Gasteiger partial charge in [0.2, 0.25) is 0 Å². The molecule has 1 aromatic heterocycles. The molecule has 0 radical (unpaired) electrons. The van der Waals surface area contributed by atoms with Crippen LogP contribution in [0.2, 0.25) is 0 Å². The summed E-state index contributed by atoms with van der Waals surface area (Å²) < 4.78 is 37.2. The molecule has 0 spiro atoms. The van der Waals surface area contributed by atoms with Crippen molar-refractivity contribution in [3.05, 3.63) is 48.3 Å². The fraction of sp³-hybridized carbons (Fsp3) is 0.0833. The molecule has 0 bridgehead atoms. The maximum absolute atomic E-state index is 12.4. The van der Waals surface area contributed by atoms with Crippen LogP contribution in [0.25, 0.3) is 17.5 Å². The third-order valence-corrected chi connectivity index (χ3v) is 2.32. The summed E-state index contributed by atoms with van der Waals surface area (Å²) in [6.07, 6.45) is -2.05. The van der Waals surface area contributed by atoms with Crippen molar-refractivity contribution in [1.82, 2.24) is 9.97 Å². The minimum Gasteiger partial charge on any atom is -0.334 e. The average molecular weight is 238 g/mol. The van der Waals surface area contributed by atoms with Crippen LogP contribution in [0.3, 0.4) is 0 Å². The smallest absolute Gasteiger partial charge is 0.334 e. The van der Waals surface area contributed by atoms with Crippen molar-refractivity contribution in [1.29, 1.82) is 0 Å². The molecule has 0 fully saturated rings. The summed E-state index contributed by atoms with van der Waals surface area (Å²) in [4.78, 5) is 6.00. The van der Waals surface area contributed by atoms with Gasteiger partial charge in [-0.05, 0) is 5.56 Å². The third kappa shape index (κ3) is 2.22. The molecule has 5 heteroatoms. The van der Waals surface area contributed by atoms with Gasteiger partial charge in [-0.3, -0.25) is 0 Å². The first-order valence-corrected chi connectivity index (χ1v) is 4.86. The van der Waals surface area contributed by atoms with E-state index in [4.69, 9.17) is 0 Å². The van der Waals surface area contributed by atoms with E-state index in [2.05, 4.69) is 16.5 Å². The summed E-state index contributed by atoms with van der Waals surface area (Å²) in [5, 5.41) is 0. The Bertz CT molecular complexity index is 541. The van der Waals surface area contributed by atoms with Gasteiger partial charge in [0, 0.05) is 5.56 Å². The first-order chi connectivity index (χ1) is 8.02. The minimum absolute atomic E-state index is 0.188. The summed E-state index contributed by atoms with van der Waals surface area (Å²) in [5.74, 6) is 0.188. The highest BCUT2D eigenvalue weighted by atomic mass is 19.4. The van der Waals surface area contributed by atoms with Gasteiger partial charge in [0.25, 0.3) is 0 Å². The zero-order valence-electron chi connectivity index (χ0n) is 8.75. The highest BCUT2D eigenvalue weighted by Crippen LogP contribution is 2.30. The Hall–Kier alpha value is -2.04. The van der Waals surface area contributed by atoms with Crippen molar-refractivity contribution in [3.63, 3.8) is 0 Å². The number of nitrogens with zero attached hydrogens (tertiary/aromatic N) is 1. The van der Waals surface area contributed by atoms with Crippen LogP contribution in [-0.4, -0.2) is 9.97 Å². The number of aromatic amines is 1. The van der Waals surface area contributed by atoms with Crippen molar-refractivity contribution >= 4 is 6.08 Å². The van der Waals surface area contributed by atoms with Gasteiger partial charge in [0.1, 0.15) is 11.5 Å².